The molecule has 0 unspecified atom stereocenters. The van der Waals surface area contributed by atoms with Crippen LogP contribution < -0.4 is 10.1 Å². The summed E-state index contributed by atoms with van der Waals surface area (Å²) in [6.45, 7) is 0.471. The zero-order valence-corrected chi connectivity index (χ0v) is 15.8. The third-order valence-corrected chi connectivity index (χ3v) is 4.37. The Kier molecular flexibility index (Phi) is 5.51. The molecule has 0 aliphatic carbocycles. The van der Waals surface area contributed by atoms with Gasteiger partial charge in [0.15, 0.2) is 5.75 Å². The fourth-order valence-corrected chi connectivity index (χ4v) is 2.75. The van der Waals surface area contributed by atoms with Gasteiger partial charge in [-0.2, -0.15) is 5.10 Å². The van der Waals surface area contributed by atoms with Crippen molar-refractivity contribution in [3.05, 3.63) is 80.4 Å². The topological polar surface area (TPSA) is 99.3 Å². The molecule has 3 rings (SSSR count). The Hall–Kier alpha value is -3.20. The minimum absolute atomic E-state index is 0.0943. The summed E-state index contributed by atoms with van der Waals surface area (Å²) in [4.78, 5) is 23.1. The molecular weight excluding hydrogens is 416 g/mol. The van der Waals surface area contributed by atoms with Crippen molar-refractivity contribution in [2.75, 3.05) is 12.4 Å². The van der Waals surface area contributed by atoms with Gasteiger partial charge in [-0.25, -0.2) is 4.68 Å². The number of aromatic nitrogens is 2. The second-order valence-corrected chi connectivity index (χ2v) is 6.51. The highest BCUT2D eigenvalue weighted by Gasteiger charge is 2.19. The molecule has 0 fully saturated rings. The molecule has 1 aromatic heterocycles. The highest BCUT2D eigenvalue weighted by molar-refractivity contribution is 9.10. The summed E-state index contributed by atoms with van der Waals surface area (Å²) in [6.07, 6.45) is 1.57. The molecule has 138 valence electrons. The summed E-state index contributed by atoms with van der Waals surface area (Å²) in [6, 6.07) is 13.5. The number of methoxy groups -OCH3 is 1. The van der Waals surface area contributed by atoms with Gasteiger partial charge >= 0.3 is 5.69 Å². The molecule has 27 heavy (non-hydrogen) atoms. The molecule has 0 saturated carbocycles. The lowest BCUT2D eigenvalue weighted by Gasteiger charge is -2.10. The Labute approximate surface area is 163 Å². The number of rotatable bonds is 6. The first-order chi connectivity index (χ1) is 13.0. The normalized spacial score (nSPS) is 10.4. The summed E-state index contributed by atoms with van der Waals surface area (Å²) >= 11 is 3.39. The maximum Gasteiger partial charge on any atom is 0.311 e. The lowest BCUT2D eigenvalue weighted by molar-refractivity contribution is -0.385. The average Bonchev–Trinajstić information content (AvgIpc) is 3.09. The zero-order chi connectivity index (χ0) is 19.4. The molecule has 3 aromatic rings. The summed E-state index contributed by atoms with van der Waals surface area (Å²) < 4.78 is 7.56. The Morgan fingerprint density at radius 2 is 2.00 bits per heavy atom. The molecule has 8 nitrogen and oxygen atoms in total. The largest absolute Gasteiger partial charge is 0.490 e. The number of ether oxygens (including phenoxy) is 1. The van der Waals surface area contributed by atoms with E-state index in [-0.39, 0.29) is 17.0 Å². The Morgan fingerprint density at radius 3 is 2.67 bits per heavy atom. The van der Waals surface area contributed by atoms with Crippen molar-refractivity contribution in [3.8, 4) is 5.75 Å². The maximum absolute atomic E-state index is 12.5. The smallest absolute Gasteiger partial charge is 0.311 e. The first-order valence-corrected chi connectivity index (χ1v) is 8.67. The lowest BCUT2D eigenvalue weighted by Crippen LogP contribution is -2.16. The van der Waals surface area contributed by atoms with Gasteiger partial charge in [-0.1, -0.05) is 28.1 Å². The van der Waals surface area contributed by atoms with Gasteiger partial charge in [-0.15, -0.1) is 0 Å². The quantitative estimate of drug-likeness (QED) is 0.472. The van der Waals surface area contributed by atoms with Crippen LogP contribution in [0.15, 0.2) is 59.2 Å². The van der Waals surface area contributed by atoms with Crippen molar-refractivity contribution in [1.29, 1.82) is 0 Å². The van der Waals surface area contributed by atoms with E-state index in [1.165, 1.54) is 25.3 Å². The van der Waals surface area contributed by atoms with Gasteiger partial charge in [0.2, 0.25) is 0 Å². The number of nitro benzene ring substituents is 1. The Morgan fingerprint density at radius 1 is 1.26 bits per heavy atom. The predicted octanol–water partition coefficient (Wildman–Crippen LogP) is 3.86. The van der Waals surface area contributed by atoms with Crippen LogP contribution in [0, 0.1) is 10.1 Å². The van der Waals surface area contributed by atoms with E-state index in [9.17, 15) is 14.9 Å². The predicted molar refractivity (Wildman–Crippen MR) is 103 cm³/mol. The molecule has 0 aliphatic rings. The molecule has 0 atom stereocenters. The van der Waals surface area contributed by atoms with Crippen LogP contribution in [0.5, 0.6) is 5.75 Å². The number of amides is 1. The van der Waals surface area contributed by atoms with Crippen molar-refractivity contribution in [3.63, 3.8) is 0 Å². The first kappa shape index (κ1) is 18.6. The van der Waals surface area contributed by atoms with E-state index in [1.807, 2.05) is 24.3 Å². The molecule has 0 saturated heterocycles. The van der Waals surface area contributed by atoms with Gasteiger partial charge in [-0.05, 0) is 29.8 Å². The third-order valence-electron chi connectivity index (χ3n) is 3.84. The first-order valence-electron chi connectivity index (χ1n) is 7.88. The Bertz CT molecular complexity index is 985. The van der Waals surface area contributed by atoms with Crippen LogP contribution in [0.25, 0.3) is 0 Å². The molecule has 1 N–H and O–H groups in total. The summed E-state index contributed by atoms with van der Waals surface area (Å²) in [5, 5.41) is 18.1. The standard InChI is InChI=1S/C18H15BrN4O4/c1-27-16-7-4-13(10-15(16)23(25)26)18(24)21-17-8-9-20-22(17)11-12-2-5-14(19)6-3-12/h2-10H,11H2,1H3,(H,21,24). The Balaban J connectivity index is 1.79. The second kappa shape index (κ2) is 8.00. The molecule has 0 radical (unpaired) electrons. The maximum atomic E-state index is 12.5. The van der Waals surface area contributed by atoms with Crippen LogP contribution in [0.1, 0.15) is 15.9 Å². The van der Waals surface area contributed by atoms with E-state index >= 15 is 0 Å². The molecular formula is C18H15BrN4O4. The number of carbonyl (C=O) groups is 1. The fraction of sp³-hybridized carbons (Fsp3) is 0.111. The van der Waals surface area contributed by atoms with E-state index < -0.39 is 10.8 Å². The summed E-state index contributed by atoms with van der Waals surface area (Å²) in [7, 11) is 1.34. The van der Waals surface area contributed by atoms with Gasteiger partial charge in [-0.3, -0.25) is 14.9 Å². The van der Waals surface area contributed by atoms with Crippen LogP contribution in [0.4, 0.5) is 11.5 Å². The number of halogens is 1. The van der Waals surface area contributed by atoms with Gasteiger partial charge in [0.25, 0.3) is 5.91 Å². The van der Waals surface area contributed by atoms with E-state index in [0.717, 1.165) is 10.0 Å². The summed E-state index contributed by atoms with van der Waals surface area (Å²) in [5.74, 6) is 0.108. The third kappa shape index (κ3) is 4.32. The number of hydrogen-bond donors (Lipinski definition) is 1. The van der Waals surface area contributed by atoms with Gasteiger partial charge in [0.1, 0.15) is 5.82 Å². The second-order valence-electron chi connectivity index (χ2n) is 5.60. The van der Waals surface area contributed by atoms with Gasteiger partial charge < -0.3 is 10.1 Å². The van der Waals surface area contributed by atoms with Gasteiger partial charge in [0.05, 0.1) is 24.8 Å². The molecule has 0 aliphatic heterocycles. The van der Waals surface area contributed by atoms with Crippen molar-refractivity contribution in [2.24, 2.45) is 0 Å². The highest BCUT2D eigenvalue weighted by Crippen LogP contribution is 2.27. The number of carbonyl (C=O) groups excluding carboxylic acids is 1. The van der Waals surface area contributed by atoms with Gasteiger partial charge in [0, 0.05) is 22.2 Å². The zero-order valence-electron chi connectivity index (χ0n) is 14.3. The minimum atomic E-state index is -0.590. The molecule has 0 bridgehead atoms. The van der Waals surface area contributed by atoms with Crippen LogP contribution >= 0.6 is 15.9 Å². The van der Waals surface area contributed by atoms with E-state index in [1.54, 1.807) is 16.9 Å². The number of nitro groups is 1. The van der Waals surface area contributed by atoms with Crippen molar-refractivity contribution < 1.29 is 14.5 Å². The molecule has 2 aromatic carbocycles. The minimum Gasteiger partial charge on any atom is -0.490 e. The van der Waals surface area contributed by atoms with E-state index in [2.05, 4.69) is 26.3 Å². The number of benzene rings is 2. The van der Waals surface area contributed by atoms with Crippen molar-refractivity contribution in [2.45, 2.75) is 6.54 Å². The highest BCUT2D eigenvalue weighted by atomic mass is 79.9. The number of nitrogens with zero attached hydrogens (tertiary/aromatic N) is 3. The number of hydrogen-bond acceptors (Lipinski definition) is 5. The lowest BCUT2D eigenvalue weighted by atomic mass is 10.1. The molecule has 1 heterocycles. The summed E-state index contributed by atoms with van der Waals surface area (Å²) in [5.41, 5.74) is 0.893. The SMILES string of the molecule is COc1ccc(C(=O)Nc2ccnn2Cc2ccc(Br)cc2)cc1[N+](=O)[O-]. The van der Waals surface area contributed by atoms with Crippen molar-refractivity contribution in [1.82, 2.24) is 9.78 Å². The van der Waals surface area contributed by atoms with Crippen LogP contribution in [0.3, 0.4) is 0 Å². The van der Waals surface area contributed by atoms with E-state index in [0.29, 0.717) is 12.4 Å². The average molecular weight is 431 g/mol. The van der Waals surface area contributed by atoms with Crippen molar-refractivity contribution >= 4 is 33.3 Å². The van der Waals surface area contributed by atoms with Crippen LogP contribution in [0.2, 0.25) is 0 Å². The number of nitrogens with one attached hydrogen (secondary N) is 1. The van der Waals surface area contributed by atoms with Crippen LogP contribution in [-0.4, -0.2) is 27.7 Å². The van der Waals surface area contributed by atoms with Crippen LogP contribution in [-0.2, 0) is 6.54 Å². The molecule has 0 spiro atoms. The molecule has 1 amide bonds. The fourth-order valence-electron chi connectivity index (χ4n) is 2.49. The number of anilines is 1. The monoisotopic (exact) mass is 430 g/mol. The van der Waals surface area contributed by atoms with E-state index in [4.69, 9.17) is 4.74 Å². The molecule has 9 heteroatoms.